The summed E-state index contributed by atoms with van der Waals surface area (Å²) in [6.45, 7) is 4.63. The molecule has 2 aliphatic rings. The van der Waals surface area contributed by atoms with Crippen molar-refractivity contribution in [2.24, 2.45) is 5.41 Å². The number of anilines is 1. The van der Waals surface area contributed by atoms with Crippen molar-refractivity contribution in [3.8, 4) is 17.0 Å². The van der Waals surface area contributed by atoms with Crippen LogP contribution in [0, 0.1) is 12.3 Å². The second kappa shape index (κ2) is 9.21. The van der Waals surface area contributed by atoms with Gasteiger partial charge in [0.25, 0.3) is 6.43 Å². The molecule has 4 aromatic rings. The van der Waals surface area contributed by atoms with E-state index in [1.807, 2.05) is 29.3 Å². The summed E-state index contributed by atoms with van der Waals surface area (Å²) >= 11 is 0. The van der Waals surface area contributed by atoms with Crippen LogP contribution < -0.4 is 10.1 Å². The van der Waals surface area contributed by atoms with E-state index < -0.39 is 13.0 Å². The minimum Gasteiger partial charge on any atom is -0.480 e. The van der Waals surface area contributed by atoms with Gasteiger partial charge in [0.1, 0.15) is 11.5 Å². The van der Waals surface area contributed by atoms with Crippen LogP contribution in [0.3, 0.4) is 0 Å². The van der Waals surface area contributed by atoms with Gasteiger partial charge in [0.15, 0.2) is 0 Å². The van der Waals surface area contributed by atoms with Gasteiger partial charge in [-0.2, -0.15) is 9.97 Å². The van der Waals surface area contributed by atoms with E-state index >= 15 is 0 Å². The molecule has 1 aromatic carbocycles. The topological polar surface area (TPSA) is 101 Å². The van der Waals surface area contributed by atoms with Gasteiger partial charge < -0.3 is 24.5 Å². The Morgan fingerprint density at radius 3 is 2.68 bits per heavy atom. The third-order valence-electron chi connectivity index (χ3n) is 8.22. The largest absolute Gasteiger partial charge is 0.480 e. The number of carbonyl (C=O) groups is 1. The van der Waals surface area contributed by atoms with Crippen molar-refractivity contribution in [1.82, 2.24) is 29.4 Å². The van der Waals surface area contributed by atoms with Crippen LogP contribution in [0.5, 0.6) is 5.88 Å². The van der Waals surface area contributed by atoms with Crippen LogP contribution in [-0.2, 0) is 11.3 Å². The number of benzene rings is 1. The number of imidazole rings is 1. The second-order valence-electron chi connectivity index (χ2n) is 10.6. The number of halogens is 2. The van der Waals surface area contributed by atoms with Crippen molar-refractivity contribution in [3.05, 3.63) is 30.2 Å². The Morgan fingerprint density at radius 1 is 1.24 bits per heavy atom. The summed E-state index contributed by atoms with van der Waals surface area (Å²) in [5.41, 5.74) is 3.92. The minimum atomic E-state index is -2.47. The zero-order chi connectivity index (χ0) is 26.6. The number of fused-ring (bicyclic) bond motifs is 2. The lowest BCUT2D eigenvalue weighted by Gasteiger charge is -2.52. The number of rotatable bonds is 6. The Kier molecular flexibility index (Phi) is 5.96. The highest BCUT2D eigenvalue weighted by atomic mass is 19.3. The van der Waals surface area contributed by atoms with Crippen LogP contribution in [0.1, 0.15) is 38.4 Å². The van der Waals surface area contributed by atoms with Gasteiger partial charge in [-0.25, -0.2) is 13.8 Å². The second-order valence-corrected chi connectivity index (χ2v) is 10.6. The molecule has 38 heavy (non-hydrogen) atoms. The van der Waals surface area contributed by atoms with Crippen LogP contribution >= 0.6 is 0 Å². The van der Waals surface area contributed by atoms with Crippen molar-refractivity contribution < 1.29 is 18.3 Å². The average Bonchev–Trinajstić information content (AvgIpc) is 3.43. The quantitative estimate of drug-likeness (QED) is 0.378. The first-order chi connectivity index (χ1) is 18.2. The maximum atomic E-state index is 13.2. The predicted molar refractivity (Wildman–Crippen MR) is 140 cm³/mol. The van der Waals surface area contributed by atoms with Gasteiger partial charge in [0.05, 0.1) is 30.1 Å². The van der Waals surface area contributed by atoms with Gasteiger partial charge in [-0.1, -0.05) is 6.07 Å². The fourth-order valence-electron chi connectivity index (χ4n) is 6.19. The number of alkyl halides is 2. The summed E-state index contributed by atoms with van der Waals surface area (Å²) in [5.74, 6) is 1.65. The van der Waals surface area contributed by atoms with Crippen LogP contribution in [0.2, 0.25) is 0 Å². The number of piperidine rings is 1. The number of hydrogen-bond acceptors (Lipinski definition) is 6. The van der Waals surface area contributed by atoms with Crippen molar-refractivity contribution >= 4 is 33.9 Å². The molecule has 0 unspecified atom stereocenters. The zero-order valence-corrected chi connectivity index (χ0v) is 21.7. The van der Waals surface area contributed by atoms with E-state index in [4.69, 9.17) is 9.72 Å². The maximum absolute atomic E-state index is 13.2. The van der Waals surface area contributed by atoms with E-state index in [-0.39, 0.29) is 11.9 Å². The van der Waals surface area contributed by atoms with Crippen molar-refractivity contribution in [2.75, 3.05) is 25.5 Å². The molecule has 0 radical (unpaired) electrons. The SMILES string of the molecule is COc1nc(NC2CC3(CCN(C(C)=O)CC3)C2)nc2[nH]cc(-c3ccc4nc(C)n(CC(F)F)c4c3)c12. The summed E-state index contributed by atoms with van der Waals surface area (Å²) in [6, 6.07) is 5.91. The van der Waals surface area contributed by atoms with Gasteiger partial charge >= 0.3 is 0 Å². The predicted octanol–water partition coefficient (Wildman–Crippen LogP) is 4.76. The average molecular weight is 524 g/mol. The molecule has 1 aliphatic heterocycles. The molecule has 0 atom stereocenters. The van der Waals surface area contributed by atoms with Crippen molar-refractivity contribution in [1.29, 1.82) is 0 Å². The maximum Gasteiger partial charge on any atom is 0.256 e. The Morgan fingerprint density at radius 2 is 2.00 bits per heavy atom. The number of aryl methyl sites for hydroxylation is 1. The van der Waals surface area contributed by atoms with Gasteiger partial charge in [-0.3, -0.25) is 4.79 Å². The molecular weight excluding hydrogens is 492 g/mol. The molecule has 3 aromatic heterocycles. The number of H-pyrrole nitrogens is 1. The van der Waals surface area contributed by atoms with Crippen LogP contribution in [0.4, 0.5) is 14.7 Å². The zero-order valence-electron chi connectivity index (χ0n) is 21.7. The number of aromatic nitrogens is 5. The van der Waals surface area contributed by atoms with Gasteiger partial charge in [-0.15, -0.1) is 0 Å². The first-order valence-electron chi connectivity index (χ1n) is 13.0. The van der Waals surface area contributed by atoms with E-state index in [1.54, 1.807) is 25.5 Å². The lowest BCUT2D eigenvalue weighted by Crippen LogP contribution is -2.52. The van der Waals surface area contributed by atoms with Crippen LogP contribution in [0.15, 0.2) is 24.4 Å². The summed E-state index contributed by atoms with van der Waals surface area (Å²) in [6.07, 6.45) is 3.51. The molecule has 1 saturated heterocycles. The van der Waals surface area contributed by atoms with E-state index in [2.05, 4.69) is 20.3 Å². The summed E-state index contributed by atoms with van der Waals surface area (Å²) in [5, 5.41) is 4.20. The normalized spacial score (nSPS) is 17.5. The molecule has 1 saturated carbocycles. The highest BCUT2D eigenvalue weighted by Crippen LogP contribution is 2.50. The molecule has 1 aliphatic carbocycles. The number of aromatic amines is 1. The number of nitrogens with one attached hydrogen (secondary N) is 2. The number of hydrogen-bond donors (Lipinski definition) is 2. The number of carbonyl (C=O) groups excluding carboxylic acids is 1. The Balaban J connectivity index is 1.24. The monoisotopic (exact) mass is 523 g/mol. The van der Waals surface area contributed by atoms with Crippen molar-refractivity contribution in [3.63, 3.8) is 0 Å². The molecule has 0 bridgehead atoms. The summed E-state index contributed by atoms with van der Waals surface area (Å²) < 4.78 is 33.6. The molecule has 2 N–H and O–H groups in total. The van der Waals surface area contributed by atoms with Crippen LogP contribution in [0.25, 0.3) is 33.2 Å². The van der Waals surface area contributed by atoms with E-state index in [0.717, 1.165) is 55.3 Å². The first-order valence-corrected chi connectivity index (χ1v) is 13.0. The lowest BCUT2D eigenvalue weighted by atomic mass is 9.60. The Bertz CT molecular complexity index is 1510. The number of amides is 1. The first kappa shape index (κ1) is 24.6. The van der Waals surface area contributed by atoms with Gasteiger partial charge in [-0.05, 0) is 55.7 Å². The molecule has 11 heteroatoms. The lowest BCUT2D eigenvalue weighted by molar-refractivity contribution is -0.132. The van der Waals surface area contributed by atoms with Crippen molar-refractivity contribution in [2.45, 2.75) is 58.5 Å². The molecule has 6 rings (SSSR count). The standard InChI is InChI=1S/C27H31F2N7O2/c1-15-31-20-5-4-17(10-21(20)36(15)14-22(28)29)19-13-30-24-23(19)25(38-3)34-26(33-24)32-18-11-27(12-18)6-8-35(9-7-27)16(2)37/h4-5,10,13,18,22H,6-9,11-12,14H2,1-3H3,(H2,30,32,33,34). The van der Waals surface area contributed by atoms with E-state index in [1.165, 1.54) is 0 Å². The van der Waals surface area contributed by atoms with E-state index in [0.29, 0.717) is 39.7 Å². The summed E-state index contributed by atoms with van der Waals surface area (Å²) in [7, 11) is 1.58. The molecule has 1 spiro atoms. The fraction of sp³-hybridized carbons (Fsp3) is 0.481. The van der Waals surface area contributed by atoms with E-state index in [9.17, 15) is 13.6 Å². The van der Waals surface area contributed by atoms with Gasteiger partial charge in [0, 0.05) is 37.8 Å². The fourth-order valence-corrected chi connectivity index (χ4v) is 6.19. The third-order valence-corrected chi connectivity index (χ3v) is 8.22. The number of ether oxygens (including phenoxy) is 1. The summed E-state index contributed by atoms with van der Waals surface area (Å²) in [4.78, 5) is 30.6. The number of likely N-dealkylation sites (tertiary alicyclic amines) is 1. The molecule has 1 amide bonds. The molecule has 200 valence electrons. The smallest absolute Gasteiger partial charge is 0.256 e. The highest BCUT2D eigenvalue weighted by molar-refractivity contribution is 5.99. The molecule has 9 nitrogen and oxygen atoms in total. The Hall–Kier alpha value is -3.76. The molecular formula is C27H31F2N7O2. The molecule has 2 fully saturated rings. The van der Waals surface area contributed by atoms with Crippen LogP contribution in [-0.4, -0.2) is 68.0 Å². The number of nitrogens with zero attached hydrogens (tertiary/aromatic N) is 5. The van der Waals surface area contributed by atoms with Gasteiger partial charge in [0.2, 0.25) is 17.7 Å². The Labute approximate surface area is 218 Å². The third kappa shape index (κ3) is 4.23. The number of methoxy groups -OCH3 is 1. The molecule has 4 heterocycles. The minimum absolute atomic E-state index is 0.154. The highest BCUT2D eigenvalue weighted by Gasteiger charge is 2.46.